The number of likely N-dealkylation sites (tertiary alicyclic amines) is 1. The van der Waals surface area contributed by atoms with E-state index >= 15 is 0 Å². The molecule has 0 aromatic carbocycles. The normalized spacial score (nSPS) is 31.4. The minimum absolute atomic E-state index is 0.516. The van der Waals surface area contributed by atoms with Gasteiger partial charge in [-0.15, -0.1) is 0 Å². The van der Waals surface area contributed by atoms with Crippen molar-refractivity contribution in [1.29, 1.82) is 0 Å². The first-order valence-electron chi connectivity index (χ1n) is 11.7. The Hall–Kier alpha value is -1.13. The van der Waals surface area contributed by atoms with Crippen LogP contribution in [0.15, 0.2) is 24.5 Å². The Morgan fingerprint density at radius 3 is 2.50 bits per heavy atom. The van der Waals surface area contributed by atoms with Crippen LogP contribution in [-0.2, 0) is 11.2 Å². The summed E-state index contributed by atoms with van der Waals surface area (Å²) in [5.41, 5.74) is 1.81. The van der Waals surface area contributed by atoms with Crippen LogP contribution in [0.2, 0.25) is 0 Å². The number of aromatic nitrogens is 1. The highest BCUT2D eigenvalue weighted by Crippen LogP contribution is 2.49. The maximum absolute atomic E-state index is 11.4. The lowest BCUT2D eigenvalue weighted by molar-refractivity contribution is -0.605. The molecule has 3 fully saturated rings. The Morgan fingerprint density at radius 1 is 1.07 bits per heavy atom. The molecule has 1 saturated heterocycles. The van der Waals surface area contributed by atoms with E-state index < -0.39 is 0 Å². The lowest BCUT2D eigenvalue weighted by Crippen LogP contribution is -2.35. The van der Waals surface area contributed by atoms with E-state index in [-0.39, 0.29) is 0 Å². The molecular formula is C24H38N2O2. The number of rotatable bonds is 7. The molecule has 4 heteroatoms. The first-order valence-corrected chi connectivity index (χ1v) is 11.7. The van der Waals surface area contributed by atoms with Crippen LogP contribution in [0.1, 0.15) is 76.2 Å². The van der Waals surface area contributed by atoms with E-state index in [0.29, 0.717) is 11.5 Å². The molecule has 0 radical (unpaired) electrons. The fourth-order valence-corrected chi connectivity index (χ4v) is 5.82. The van der Waals surface area contributed by atoms with Gasteiger partial charge in [-0.2, -0.15) is 4.73 Å². The summed E-state index contributed by atoms with van der Waals surface area (Å²) in [6.45, 7) is 4.62. The van der Waals surface area contributed by atoms with Gasteiger partial charge in [-0.25, -0.2) is 0 Å². The van der Waals surface area contributed by atoms with Crippen LogP contribution in [0.4, 0.5) is 0 Å². The lowest BCUT2D eigenvalue weighted by atomic mass is 9.62. The number of hydrogen-bond donors (Lipinski definition) is 0. The number of ether oxygens (including phenoxy) is 1. The fraction of sp³-hybridized carbons (Fsp3) is 0.792. The summed E-state index contributed by atoms with van der Waals surface area (Å²) < 4.78 is 7.16. The third-order valence-electron chi connectivity index (χ3n) is 7.80. The standard InChI is InChI=1S/C24H38N2O2/c27-26-17-3-4-22(20-26)6-5-21-7-11-24(12-8-21)13-9-23(10-14-24)28-19-18-25-15-1-2-16-25/h3-4,17,20-21,23H,1-2,5-16,18-19H2. The maximum Gasteiger partial charge on any atom is 0.183 e. The third-order valence-corrected chi connectivity index (χ3v) is 7.80. The Bertz CT molecular complexity index is 596. The van der Waals surface area contributed by atoms with Crippen molar-refractivity contribution in [1.82, 2.24) is 4.90 Å². The molecule has 0 amide bonds. The van der Waals surface area contributed by atoms with Gasteiger partial charge in [0, 0.05) is 18.2 Å². The lowest BCUT2D eigenvalue weighted by Gasteiger charge is -2.45. The van der Waals surface area contributed by atoms with E-state index in [1.165, 1.54) is 89.3 Å². The van der Waals surface area contributed by atoms with Crippen LogP contribution in [0.3, 0.4) is 0 Å². The van der Waals surface area contributed by atoms with Gasteiger partial charge in [0.05, 0.1) is 12.7 Å². The SMILES string of the molecule is [O-][n+]1cccc(CCC2CCC3(CC2)CCC(OCCN2CCCC2)CC3)c1. The van der Waals surface area contributed by atoms with Crippen molar-refractivity contribution in [2.24, 2.45) is 11.3 Å². The van der Waals surface area contributed by atoms with Crippen LogP contribution in [0.25, 0.3) is 0 Å². The van der Waals surface area contributed by atoms with Crippen molar-refractivity contribution in [3.63, 3.8) is 0 Å². The minimum atomic E-state index is 0.516. The molecule has 4 rings (SSSR count). The van der Waals surface area contributed by atoms with Crippen molar-refractivity contribution >= 4 is 0 Å². The van der Waals surface area contributed by atoms with E-state index in [4.69, 9.17) is 4.74 Å². The van der Waals surface area contributed by atoms with Gasteiger partial charge in [0.15, 0.2) is 12.4 Å². The van der Waals surface area contributed by atoms with E-state index in [0.717, 1.165) is 30.2 Å². The summed E-state index contributed by atoms with van der Waals surface area (Å²) in [6.07, 6.45) is 19.7. The molecule has 0 unspecified atom stereocenters. The third kappa shape index (κ3) is 5.48. The van der Waals surface area contributed by atoms with Gasteiger partial charge in [-0.05, 0) is 108 Å². The van der Waals surface area contributed by atoms with Gasteiger partial charge in [-0.1, -0.05) is 0 Å². The molecule has 1 aromatic rings. The van der Waals surface area contributed by atoms with Crippen LogP contribution >= 0.6 is 0 Å². The average molecular weight is 387 g/mol. The van der Waals surface area contributed by atoms with E-state index in [9.17, 15) is 5.21 Å². The number of aryl methyl sites for hydroxylation is 1. The molecule has 156 valence electrons. The van der Waals surface area contributed by atoms with Crippen LogP contribution in [0.5, 0.6) is 0 Å². The zero-order valence-corrected chi connectivity index (χ0v) is 17.5. The Morgan fingerprint density at radius 2 is 1.79 bits per heavy atom. The molecule has 0 N–H and O–H groups in total. The molecule has 0 bridgehead atoms. The van der Waals surface area contributed by atoms with Gasteiger partial charge in [0.2, 0.25) is 0 Å². The molecule has 1 spiro atoms. The second kappa shape index (κ2) is 9.58. The van der Waals surface area contributed by atoms with Crippen molar-refractivity contribution in [2.75, 3.05) is 26.2 Å². The zero-order chi connectivity index (χ0) is 19.2. The number of hydrogen-bond acceptors (Lipinski definition) is 3. The summed E-state index contributed by atoms with van der Waals surface area (Å²) >= 11 is 0. The summed E-state index contributed by atoms with van der Waals surface area (Å²) in [5, 5.41) is 11.4. The summed E-state index contributed by atoms with van der Waals surface area (Å²) in [7, 11) is 0. The van der Waals surface area contributed by atoms with Gasteiger partial charge >= 0.3 is 0 Å². The number of pyridine rings is 1. The van der Waals surface area contributed by atoms with Gasteiger partial charge in [-0.3, -0.25) is 0 Å². The molecule has 1 aliphatic heterocycles. The second-order valence-electron chi connectivity index (χ2n) is 9.67. The summed E-state index contributed by atoms with van der Waals surface area (Å²) in [5.74, 6) is 0.848. The quantitative estimate of drug-likeness (QED) is 0.512. The topological polar surface area (TPSA) is 39.4 Å². The fourth-order valence-electron chi connectivity index (χ4n) is 5.82. The molecule has 2 aliphatic carbocycles. The first kappa shape index (κ1) is 20.2. The highest BCUT2D eigenvalue weighted by molar-refractivity contribution is 5.05. The van der Waals surface area contributed by atoms with Gasteiger partial charge in [0.1, 0.15) is 0 Å². The largest absolute Gasteiger partial charge is 0.619 e. The predicted octanol–water partition coefficient (Wildman–Crippen LogP) is 4.48. The Balaban J connectivity index is 1.13. The molecule has 2 heterocycles. The maximum atomic E-state index is 11.4. The van der Waals surface area contributed by atoms with Crippen LogP contribution in [-0.4, -0.2) is 37.2 Å². The highest BCUT2D eigenvalue weighted by Gasteiger charge is 2.38. The van der Waals surface area contributed by atoms with E-state index in [1.807, 2.05) is 6.07 Å². The van der Waals surface area contributed by atoms with Crippen molar-refractivity contribution in [2.45, 2.75) is 83.2 Å². The predicted molar refractivity (Wildman–Crippen MR) is 112 cm³/mol. The first-order chi connectivity index (χ1) is 13.7. The molecule has 1 aromatic heterocycles. The Labute approximate surface area is 170 Å². The monoisotopic (exact) mass is 386 g/mol. The van der Waals surface area contributed by atoms with Crippen molar-refractivity contribution in [3.8, 4) is 0 Å². The molecule has 2 saturated carbocycles. The van der Waals surface area contributed by atoms with Crippen LogP contribution < -0.4 is 4.73 Å². The number of nitrogens with zero attached hydrogens (tertiary/aromatic N) is 2. The van der Waals surface area contributed by atoms with Crippen molar-refractivity contribution < 1.29 is 9.47 Å². The smallest absolute Gasteiger partial charge is 0.183 e. The van der Waals surface area contributed by atoms with Gasteiger partial charge < -0.3 is 14.8 Å². The van der Waals surface area contributed by atoms with E-state index in [2.05, 4.69) is 11.0 Å². The molecule has 28 heavy (non-hydrogen) atoms. The van der Waals surface area contributed by atoms with Gasteiger partial charge in [0.25, 0.3) is 0 Å². The minimum Gasteiger partial charge on any atom is -0.619 e. The molecule has 4 nitrogen and oxygen atoms in total. The zero-order valence-electron chi connectivity index (χ0n) is 17.5. The molecular weight excluding hydrogens is 348 g/mol. The highest BCUT2D eigenvalue weighted by atomic mass is 16.5. The van der Waals surface area contributed by atoms with Crippen LogP contribution in [0, 0.1) is 16.5 Å². The molecule has 0 atom stereocenters. The average Bonchev–Trinajstić information content (AvgIpc) is 3.23. The summed E-state index contributed by atoms with van der Waals surface area (Å²) in [4.78, 5) is 2.55. The Kier molecular flexibility index (Phi) is 6.90. The second-order valence-corrected chi connectivity index (χ2v) is 9.67. The van der Waals surface area contributed by atoms with Crippen molar-refractivity contribution in [3.05, 3.63) is 35.3 Å². The molecule has 3 aliphatic rings. The summed E-state index contributed by atoms with van der Waals surface area (Å²) in [6, 6.07) is 3.95. The van der Waals surface area contributed by atoms with E-state index in [1.54, 1.807) is 12.4 Å².